The molecule has 3 heterocycles. The highest BCUT2D eigenvalue weighted by atomic mass is 79.9. The van der Waals surface area contributed by atoms with Gasteiger partial charge >= 0.3 is 0 Å². The molecule has 0 bridgehead atoms. The lowest BCUT2D eigenvalue weighted by atomic mass is 10.3. The van der Waals surface area contributed by atoms with Crippen LogP contribution in [0.5, 0.6) is 0 Å². The Morgan fingerprint density at radius 2 is 2.10 bits per heavy atom. The molecule has 20 heavy (non-hydrogen) atoms. The molecule has 7 heteroatoms. The Labute approximate surface area is 126 Å². The van der Waals surface area contributed by atoms with Crippen molar-refractivity contribution in [1.82, 2.24) is 9.38 Å². The Bertz CT molecular complexity index is 726. The number of hydrogen-bond acceptors (Lipinski definition) is 4. The molecule has 0 N–H and O–H groups in total. The number of alkyl halides is 1. The van der Waals surface area contributed by atoms with Crippen molar-refractivity contribution in [2.45, 2.75) is 11.8 Å². The topological polar surface area (TPSA) is 54.7 Å². The number of anilines is 1. The highest BCUT2D eigenvalue weighted by molar-refractivity contribution is 9.08. The van der Waals surface area contributed by atoms with Crippen LogP contribution in [0, 0.1) is 0 Å². The molecule has 0 atom stereocenters. The molecule has 0 aromatic carbocycles. The summed E-state index contributed by atoms with van der Waals surface area (Å²) in [7, 11) is -2.90. The van der Waals surface area contributed by atoms with Crippen molar-refractivity contribution in [3.05, 3.63) is 30.1 Å². The van der Waals surface area contributed by atoms with Crippen LogP contribution in [-0.2, 0) is 15.2 Å². The van der Waals surface area contributed by atoms with Gasteiger partial charge in [-0.1, -0.05) is 22.0 Å². The molecule has 1 fully saturated rings. The van der Waals surface area contributed by atoms with E-state index >= 15 is 0 Å². The van der Waals surface area contributed by atoms with Gasteiger partial charge in [-0.05, 0) is 18.6 Å². The predicted octanol–water partition coefficient (Wildman–Crippen LogP) is 1.85. The normalized spacial score (nSPS) is 19.1. The maximum absolute atomic E-state index is 11.7. The van der Waals surface area contributed by atoms with Crippen LogP contribution in [0.4, 0.5) is 5.82 Å². The fraction of sp³-hybridized carbons (Fsp3) is 0.462. The van der Waals surface area contributed by atoms with E-state index in [9.17, 15) is 8.42 Å². The first-order valence-corrected chi connectivity index (χ1v) is 9.52. The number of imidazole rings is 1. The summed E-state index contributed by atoms with van der Waals surface area (Å²) in [5.74, 6) is 1.38. The molecule has 0 amide bonds. The zero-order valence-corrected chi connectivity index (χ0v) is 13.4. The number of fused-ring (bicyclic) bond motifs is 1. The van der Waals surface area contributed by atoms with Gasteiger partial charge in [-0.2, -0.15) is 0 Å². The van der Waals surface area contributed by atoms with Crippen LogP contribution < -0.4 is 4.90 Å². The quantitative estimate of drug-likeness (QED) is 0.769. The predicted molar refractivity (Wildman–Crippen MR) is 83.3 cm³/mol. The maximum Gasteiger partial charge on any atom is 0.152 e. The van der Waals surface area contributed by atoms with Gasteiger partial charge in [0.1, 0.15) is 5.65 Å². The van der Waals surface area contributed by atoms with Crippen molar-refractivity contribution in [1.29, 1.82) is 0 Å². The highest BCUT2D eigenvalue weighted by Crippen LogP contribution is 2.25. The Kier molecular flexibility index (Phi) is 3.72. The molecule has 1 saturated heterocycles. The summed E-state index contributed by atoms with van der Waals surface area (Å²) in [5, 5.41) is 0.691. The summed E-state index contributed by atoms with van der Waals surface area (Å²) in [6, 6.07) is 5.89. The van der Waals surface area contributed by atoms with Gasteiger partial charge in [0.15, 0.2) is 15.7 Å². The van der Waals surface area contributed by atoms with Crippen LogP contribution in [0.1, 0.15) is 12.1 Å². The third-order valence-electron chi connectivity index (χ3n) is 3.59. The molecule has 1 aliphatic rings. The molecule has 2 aromatic heterocycles. The Morgan fingerprint density at radius 1 is 1.25 bits per heavy atom. The summed E-state index contributed by atoms with van der Waals surface area (Å²) in [6.45, 7) is 1.26. The van der Waals surface area contributed by atoms with Gasteiger partial charge < -0.3 is 9.30 Å². The van der Waals surface area contributed by atoms with E-state index in [4.69, 9.17) is 0 Å². The lowest BCUT2D eigenvalue weighted by molar-refractivity contribution is 0.597. The Hall–Kier alpha value is -1.08. The van der Waals surface area contributed by atoms with Gasteiger partial charge in [0, 0.05) is 24.6 Å². The number of aromatic nitrogens is 2. The number of sulfone groups is 1. The van der Waals surface area contributed by atoms with Crippen molar-refractivity contribution in [2.24, 2.45) is 0 Å². The molecule has 0 spiro atoms. The van der Waals surface area contributed by atoms with E-state index in [0.29, 0.717) is 18.3 Å². The van der Waals surface area contributed by atoms with Gasteiger partial charge in [-0.25, -0.2) is 13.4 Å². The largest absolute Gasteiger partial charge is 0.354 e. The van der Waals surface area contributed by atoms with Crippen molar-refractivity contribution < 1.29 is 8.42 Å². The molecule has 5 nitrogen and oxygen atoms in total. The van der Waals surface area contributed by atoms with Crippen LogP contribution in [0.3, 0.4) is 0 Å². The molecule has 1 aliphatic heterocycles. The molecule has 0 saturated carbocycles. The van der Waals surface area contributed by atoms with Crippen molar-refractivity contribution in [3.8, 4) is 0 Å². The zero-order valence-electron chi connectivity index (χ0n) is 11.0. The van der Waals surface area contributed by atoms with E-state index in [1.54, 1.807) is 0 Å². The third kappa shape index (κ3) is 2.56. The van der Waals surface area contributed by atoms with Gasteiger partial charge in [-0.3, -0.25) is 0 Å². The van der Waals surface area contributed by atoms with Crippen LogP contribution in [-0.4, -0.2) is 42.4 Å². The molecule has 3 rings (SSSR count). The first-order chi connectivity index (χ1) is 9.61. The molecule has 108 valence electrons. The van der Waals surface area contributed by atoms with Crippen LogP contribution in [0.25, 0.3) is 5.65 Å². The number of pyridine rings is 1. The molecule has 0 unspecified atom stereocenters. The minimum atomic E-state index is -2.90. The van der Waals surface area contributed by atoms with E-state index in [-0.39, 0.29) is 11.5 Å². The monoisotopic (exact) mass is 357 g/mol. The summed E-state index contributed by atoms with van der Waals surface area (Å²) in [5.41, 5.74) is 1.96. The van der Waals surface area contributed by atoms with Crippen LogP contribution in [0.15, 0.2) is 24.4 Å². The SMILES string of the molecule is O=S1(=O)CCCN(c2nc3ccccn3c2CBr)CC1. The smallest absolute Gasteiger partial charge is 0.152 e. The highest BCUT2D eigenvalue weighted by Gasteiger charge is 2.23. The second-order valence-electron chi connectivity index (χ2n) is 4.94. The molecule has 0 aliphatic carbocycles. The second-order valence-corrected chi connectivity index (χ2v) is 7.80. The standard InChI is InChI=1S/C13H16BrN3O2S/c14-10-11-13(15-12-4-1-2-6-17(11)12)16-5-3-8-20(18,19)9-7-16/h1-2,4,6H,3,5,7-10H2. The van der Waals surface area contributed by atoms with E-state index in [1.807, 2.05) is 28.8 Å². The van der Waals surface area contributed by atoms with E-state index in [0.717, 1.165) is 23.7 Å². The third-order valence-corrected chi connectivity index (χ3v) is 5.84. The van der Waals surface area contributed by atoms with E-state index in [1.165, 1.54) is 0 Å². The fourth-order valence-electron chi connectivity index (χ4n) is 2.56. The Balaban J connectivity index is 2.01. The first kappa shape index (κ1) is 13.9. The van der Waals surface area contributed by atoms with Crippen molar-refractivity contribution >= 4 is 37.2 Å². The van der Waals surface area contributed by atoms with Gasteiger partial charge in [0.05, 0.1) is 17.2 Å². The molecule has 2 aromatic rings. The maximum atomic E-state index is 11.7. The van der Waals surface area contributed by atoms with Gasteiger partial charge in [-0.15, -0.1) is 0 Å². The lowest BCUT2D eigenvalue weighted by Gasteiger charge is -2.20. The van der Waals surface area contributed by atoms with Gasteiger partial charge in [0.2, 0.25) is 0 Å². The van der Waals surface area contributed by atoms with Crippen LogP contribution >= 0.6 is 15.9 Å². The number of hydrogen-bond donors (Lipinski definition) is 0. The molecular weight excluding hydrogens is 342 g/mol. The first-order valence-electron chi connectivity index (χ1n) is 6.58. The van der Waals surface area contributed by atoms with Crippen molar-refractivity contribution in [2.75, 3.05) is 29.5 Å². The molecular formula is C13H16BrN3O2S. The summed E-state index contributed by atoms with van der Waals surface area (Å²) >= 11 is 3.51. The van der Waals surface area contributed by atoms with E-state index in [2.05, 4.69) is 25.8 Å². The van der Waals surface area contributed by atoms with E-state index < -0.39 is 9.84 Å². The minimum Gasteiger partial charge on any atom is -0.354 e. The summed E-state index contributed by atoms with van der Waals surface area (Å²) in [6.07, 6.45) is 2.65. The average Bonchev–Trinajstić information content (AvgIpc) is 2.70. The minimum absolute atomic E-state index is 0.211. The number of nitrogens with zero attached hydrogens (tertiary/aromatic N) is 3. The fourth-order valence-corrected chi connectivity index (χ4v) is 4.35. The summed E-state index contributed by atoms with van der Waals surface area (Å²) < 4.78 is 25.5. The van der Waals surface area contributed by atoms with Gasteiger partial charge in [0.25, 0.3) is 0 Å². The second kappa shape index (κ2) is 5.37. The van der Waals surface area contributed by atoms with Crippen molar-refractivity contribution in [3.63, 3.8) is 0 Å². The number of halogens is 1. The lowest BCUT2D eigenvalue weighted by Crippen LogP contribution is -2.27. The van der Waals surface area contributed by atoms with Crippen LogP contribution in [0.2, 0.25) is 0 Å². The Morgan fingerprint density at radius 3 is 2.90 bits per heavy atom. The number of rotatable bonds is 2. The molecule has 0 radical (unpaired) electrons. The zero-order chi connectivity index (χ0) is 14.2. The summed E-state index contributed by atoms with van der Waals surface area (Å²) in [4.78, 5) is 6.75. The average molecular weight is 358 g/mol.